The monoisotopic (exact) mass is 433 g/mol. The van der Waals surface area contributed by atoms with Crippen LogP contribution in [0.4, 0.5) is 5.13 Å². The number of carbonyl (C=O) groups excluding carboxylic acids is 2. The molecule has 4 aromatic rings. The first-order valence-corrected chi connectivity index (χ1v) is 11.2. The first-order valence-electron chi connectivity index (χ1n) is 10.4. The molecule has 1 aliphatic heterocycles. The zero-order chi connectivity index (χ0) is 21.4. The molecule has 1 atom stereocenters. The average molecular weight is 434 g/mol. The van der Waals surface area contributed by atoms with Crippen LogP contribution < -0.4 is 5.32 Å². The molecule has 1 fully saturated rings. The van der Waals surface area contributed by atoms with E-state index in [9.17, 15) is 9.59 Å². The van der Waals surface area contributed by atoms with Gasteiger partial charge >= 0.3 is 0 Å². The lowest BCUT2D eigenvalue weighted by Gasteiger charge is -2.37. The molecule has 0 bridgehead atoms. The Morgan fingerprint density at radius 1 is 1.06 bits per heavy atom. The van der Waals surface area contributed by atoms with E-state index in [0.717, 1.165) is 21.1 Å². The van der Waals surface area contributed by atoms with Crippen LogP contribution in [0.25, 0.3) is 21.1 Å². The lowest BCUT2D eigenvalue weighted by Crippen LogP contribution is -2.54. The van der Waals surface area contributed by atoms with E-state index in [1.807, 2.05) is 66.4 Å². The van der Waals surface area contributed by atoms with Crippen LogP contribution in [-0.2, 0) is 4.79 Å². The number of H-pyrrole nitrogens is 1. The van der Waals surface area contributed by atoms with Gasteiger partial charge in [0.15, 0.2) is 5.13 Å². The summed E-state index contributed by atoms with van der Waals surface area (Å²) in [6.07, 6.45) is 0. The Labute approximate surface area is 183 Å². The van der Waals surface area contributed by atoms with Crippen LogP contribution in [0.2, 0.25) is 0 Å². The van der Waals surface area contributed by atoms with Gasteiger partial charge in [-0.25, -0.2) is 4.98 Å². The van der Waals surface area contributed by atoms with Gasteiger partial charge in [0.2, 0.25) is 5.91 Å². The van der Waals surface area contributed by atoms with E-state index < -0.39 is 0 Å². The molecule has 0 aliphatic carbocycles. The topological polar surface area (TPSA) is 81.3 Å². The summed E-state index contributed by atoms with van der Waals surface area (Å²) in [5, 5.41) is 4.59. The average Bonchev–Trinajstić information content (AvgIpc) is 3.41. The van der Waals surface area contributed by atoms with Gasteiger partial charge < -0.3 is 15.2 Å². The largest absolute Gasteiger partial charge is 0.351 e. The number of para-hydroxylation sites is 2. The summed E-state index contributed by atoms with van der Waals surface area (Å²) in [6.45, 7) is 4.39. The maximum Gasteiger partial charge on any atom is 0.270 e. The number of carbonyl (C=O) groups is 2. The van der Waals surface area contributed by atoms with Crippen molar-refractivity contribution in [3.63, 3.8) is 0 Å². The van der Waals surface area contributed by atoms with Crippen LogP contribution in [0.5, 0.6) is 0 Å². The van der Waals surface area contributed by atoms with Crippen molar-refractivity contribution in [1.29, 1.82) is 0 Å². The fraction of sp³-hybridized carbons (Fsp3) is 0.261. The molecular formula is C23H23N5O2S. The summed E-state index contributed by atoms with van der Waals surface area (Å²) in [6, 6.07) is 17.3. The van der Waals surface area contributed by atoms with Crippen molar-refractivity contribution in [2.24, 2.45) is 0 Å². The number of benzene rings is 2. The van der Waals surface area contributed by atoms with Crippen molar-refractivity contribution >= 4 is 49.4 Å². The second kappa shape index (κ2) is 8.13. The van der Waals surface area contributed by atoms with Crippen molar-refractivity contribution in [2.45, 2.75) is 13.0 Å². The number of rotatable bonds is 4. The number of piperazine rings is 1. The smallest absolute Gasteiger partial charge is 0.270 e. The first kappa shape index (κ1) is 19.7. The van der Waals surface area contributed by atoms with E-state index in [4.69, 9.17) is 0 Å². The third-order valence-corrected chi connectivity index (χ3v) is 6.76. The standard InChI is InChI=1S/C23H23N5O2S/c1-15(21(29)26-23-25-18-8-4-5-9-20(18)31-23)27-10-12-28(13-11-27)22(30)19-14-16-6-2-3-7-17(16)24-19/h2-9,14-15,24H,10-13H2,1H3,(H,25,26,29). The number of nitrogens with one attached hydrogen (secondary N) is 2. The Bertz CT molecular complexity index is 1190. The molecule has 2 amide bonds. The highest BCUT2D eigenvalue weighted by Crippen LogP contribution is 2.25. The molecule has 1 aliphatic rings. The molecule has 3 heterocycles. The Hall–Kier alpha value is -3.23. The van der Waals surface area contributed by atoms with E-state index in [-0.39, 0.29) is 17.9 Å². The predicted molar refractivity (Wildman–Crippen MR) is 123 cm³/mol. The highest BCUT2D eigenvalue weighted by molar-refractivity contribution is 7.22. The zero-order valence-corrected chi connectivity index (χ0v) is 18.0. The van der Waals surface area contributed by atoms with Gasteiger partial charge in [-0.2, -0.15) is 0 Å². The van der Waals surface area contributed by atoms with Crippen molar-refractivity contribution in [1.82, 2.24) is 19.8 Å². The number of thiazole rings is 1. The quantitative estimate of drug-likeness (QED) is 0.516. The third-order valence-electron chi connectivity index (χ3n) is 5.81. The van der Waals surface area contributed by atoms with Crippen LogP contribution in [0.1, 0.15) is 17.4 Å². The number of hydrogen-bond acceptors (Lipinski definition) is 5. The summed E-state index contributed by atoms with van der Waals surface area (Å²) in [5.41, 5.74) is 2.46. The van der Waals surface area contributed by atoms with Crippen LogP contribution in [0, 0.1) is 0 Å². The van der Waals surface area contributed by atoms with Crippen molar-refractivity contribution in [3.05, 3.63) is 60.3 Å². The molecule has 1 saturated heterocycles. The summed E-state index contributed by atoms with van der Waals surface area (Å²) in [7, 11) is 0. The third kappa shape index (κ3) is 3.92. The maximum atomic E-state index is 12.9. The van der Waals surface area contributed by atoms with Gasteiger partial charge in [0.1, 0.15) is 5.69 Å². The van der Waals surface area contributed by atoms with Gasteiger partial charge in [-0.1, -0.05) is 41.7 Å². The molecule has 2 N–H and O–H groups in total. The molecule has 8 heteroatoms. The van der Waals surface area contributed by atoms with Crippen LogP contribution >= 0.6 is 11.3 Å². The number of amides is 2. The van der Waals surface area contributed by atoms with Crippen LogP contribution in [0.3, 0.4) is 0 Å². The molecule has 0 saturated carbocycles. The van der Waals surface area contributed by atoms with Gasteiger partial charge in [0, 0.05) is 37.1 Å². The van der Waals surface area contributed by atoms with E-state index in [0.29, 0.717) is 37.0 Å². The van der Waals surface area contributed by atoms with Gasteiger partial charge in [-0.05, 0) is 31.2 Å². The lowest BCUT2D eigenvalue weighted by atomic mass is 10.2. The first-order chi connectivity index (χ1) is 15.1. The number of hydrogen-bond donors (Lipinski definition) is 2. The Kier molecular flexibility index (Phi) is 5.17. The Morgan fingerprint density at radius 2 is 1.81 bits per heavy atom. The molecule has 0 radical (unpaired) electrons. The molecule has 2 aromatic carbocycles. The van der Waals surface area contributed by atoms with Gasteiger partial charge in [-0.15, -0.1) is 0 Å². The van der Waals surface area contributed by atoms with E-state index in [2.05, 4.69) is 20.2 Å². The normalized spacial score (nSPS) is 16.0. The minimum Gasteiger partial charge on any atom is -0.351 e. The fourth-order valence-electron chi connectivity index (χ4n) is 3.97. The number of fused-ring (bicyclic) bond motifs is 2. The van der Waals surface area contributed by atoms with Crippen LogP contribution in [-0.4, -0.2) is 63.8 Å². The second-order valence-electron chi connectivity index (χ2n) is 7.75. The molecule has 0 spiro atoms. The number of aromatic amines is 1. The summed E-state index contributed by atoms with van der Waals surface area (Å²) >= 11 is 1.48. The SMILES string of the molecule is CC(C(=O)Nc1nc2ccccc2s1)N1CCN(C(=O)c2cc3ccccc3[nH]2)CC1. The van der Waals surface area contributed by atoms with Gasteiger partial charge in [0.25, 0.3) is 5.91 Å². The van der Waals surface area contributed by atoms with Crippen molar-refractivity contribution in [3.8, 4) is 0 Å². The fourth-order valence-corrected chi connectivity index (χ4v) is 4.84. The highest BCUT2D eigenvalue weighted by Gasteiger charge is 2.28. The summed E-state index contributed by atoms with van der Waals surface area (Å²) in [4.78, 5) is 37.3. The number of anilines is 1. The van der Waals surface area contributed by atoms with Crippen molar-refractivity contribution in [2.75, 3.05) is 31.5 Å². The number of aromatic nitrogens is 2. The minimum atomic E-state index is -0.294. The lowest BCUT2D eigenvalue weighted by molar-refractivity contribution is -0.121. The van der Waals surface area contributed by atoms with Gasteiger partial charge in [-0.3, -0.25) is 14.5 Å². The van der Waals surface area contributed by atoms with Crippen molar-refractivity contribution < 1.29 is 9.59 Å². The van der Waals surface area contributed by atoms with E-state index in [1.165, 1.54) is 11.3 Å². The predicted octanol–water partition coefficient (Wildman–Crippen LogP) is 3.56. The van der Waals surface area contributed by atoms with Gasteiger partial charge in [0.05, 0.1) is 16.3 Å². The highest BCUT2D eigenvalue weighted by atomic mass is 32.1. The summed E-state index contributed by atoms with van der Waals surface area (Å²) in [5.74, 6) is -0.0723. The van der Waals surface area contributed by atoms with Crippen LogP contribution in [0.15, 0.2) is 54.6 Å². The molecule has 31 heavy (non-hydrogen) atoms. The van der Waals surface area contributed by atoms with E-state index in [1.54, 1.807) is 0 Å². The molecular weight excluding hydrogens is 410 g/mol. The molecule has 2 aromatic heterocycles. The van der Waals surface area contributed by atoms with E-state index >= 15 is 0 Å². The Morgan fingerprint density at radius 3 is 2.58 bits per heavy atom. The maximum absolute atomic E-state index is 12.9. The zero-order valence-electron chi connectivity index (χ0n) is 17.2. The molecule has 7 nitrogen and oxygen atoms in total. The molecule has 5 rings (SSSR count). The minimum absolute atomic E-state index is 0.00225. The Balaban J connectivity index is 1.19. The number of nitrogens with zero attached hydrogens (tertiary/aromatic N) is 3. The second-order valence-corrected chi connectivity index (χ2v) is 8.78. The molecule has 1 unspecified atom stereocenters. The summed E-state index contributed by atoms with van der Waals surface area (Å²) < 4.78 is 1.05. The molecule has 158 valence electrons.